The molecule has 0 spiro atoms. The third kappa shape index (κ3) is 7.00. The molecule has 1 fully saturated rings. The molecule has 3 aromatic rings. The Bertz CT molecular complexity index is 1180. The Hall–Kier alpha value is -3.01. The first-order chi connectivity index (χ1) is 16.7. The van der Waals surface area contributed by atoms with E-state index in [2.05, 4.69) is 15.6 Å². The Labute approximate surface area is 206 Å². The molecule has 1 heterocycles. The molecule has 35 heavy (non-hydrogen) atoms. The highest BCUT2D eigenvalue weighted by molar-refractivity contribution is 8.00. The van der Waals surface area contributed by atoms with Crippen LogP contribution in [-0.2, 0) is 11.2 Å². The van der Waals surface area contributed by atoms with E-state index in [1.807, 2.05) is 43.3 Å². The van der Waals surface area contributed by atoms with Gasteiger partial charge in [0.05, 0.1) is 11.9 Å². The molecule has 4 rings (SSSR count). The highest BCUT2D eigenvalue weighted by atomic mass is 32.2. The normalized spacial score (nSPS) is 18.3. The summed E-state index contributed by atoms with van der Waals surface area (Å²) in [6.07, 6.45) is 3.39. The number of hydrogen-bond donors (Lipinski definition) is 2. The van der Waals surface area contributed by atoms with Crippen LogP contribution < -0.4 is 15.5 Å². The number of para-hydroxylation sites is 1. The van der Waals surface area contributed by atoms with E-state index < -0.39 is 5.51 Å². The highest BCUT2D eigenvalue weighted by Crippen LogP contribution is 2.37. The average molecular weight is 504 g/mol. The number of aromatic nitrogens is 2. The van der Waals surface area contributed by atoms with Crippen LogP contribution in [-0.4, -0.2) is 47.6 Å². The summed E-state index contributed by atoms with van der Waals surface area (Å²) in [5.41, 5.74) is -2.90. The summed E-state index contributed by atoms with van der Waals surface area (Å²) >= 11 is -0.170. The first-order valence-electron chi connectivity index (χ1n) is 11.5. The number of anilines is 2. The van der Waals surface area contributed by atoms with Crippen LogP contribution >= 0.6 is 11.8 Å². The van der Waals surface area contributed by atoms with Crippen LogP contribution in [0.15, 0.2) is 53.4 Å². The monoisotopic (exact) mass is 503 g/mol. The van der Waals surface area contributed by atoms with Gasteiger partial charge in [0.15, 0.2) is 0 Å². The maximum atomic E-state index is 12.6. The van der Waals surface area contributed by atoms with Crippen molar-refractivity contribution in [1.82, 2.24) is 15.3 Å². The van der Waals surface area contributed by atoms with Gasteiger partial charge in [-0.3, -0.25) is 4.79 Å². The van der Waals surface area contributed by atoms with Gasteiger partial charge in [-0.1, -0.05) is 24.3 Å². The summed E-state index contributed by atoms with van der Waals surface area (Å²) in [6.45, 7) is 0. The van der Waals surface area contributed by atoms with E-state index in [1.165, 1.54) is 12.1 Å². The van der Waals surface area contributed by atoms with E-state index in [9.17, 15) is 18.0 Å². The van der Waals surface area contributed by atoms with Crippen LogP contribution in [0.25, 0.3) is 10.9 Å². The maximum Gasteiger partial charge on any atom is 0.446 e. The summed E-state index contributed by atoms with van der Waals surface area (Å²) in [5.74, 6) is 1.28. The molecule has 2 N–H and O–H groups in total. The predicted molar refractivity (Wildman–Crippen MR) is 134 cm³/mol. The largest absolute Gasteiger partial charge is 0.446 e. The first kappa shape index (κ1) is 25.1. The molecule has 186 valence electrons. The Balaban J connectivity index is 1.29. The first-order valence-corrected chi connectivity index (χ1v) is 12.3. The number of carbonyl (C=O) groups is 1. The number of nitrogens with one attached hydrogen (secondary N) is 2. The van der Waals surface area contributed by atoms with Crippen molar-refractivity contribution in [3.63, 3.8) is 0 Å². The zero-order chi connectivity index (χ0) is 25.0. The molecule has 0 radical (unpaired) electrons. The fourth-order valence-corrected chi connectivity index (χ4v) is 4.97. The smallest absolute Gasteiger partial charge is 0.362 e. The number of hydrogen-bond acceptors (Lipinski definition) is 6. The van der Waals surface area contributed by atoms with Crippen molar-refractivity contribution in [2.45, 2.75) is 54.6 Å². The molecule has 1 saturated carbocycles. The van der Waals surface area contributed by atoms with E-state index in [0.717, 1.165) is 42.4 Å². The quantitative estimate of drug-likeness (QED) is 0.422. The van der Waals surface area contributed by atoms with Gasteiger partial charge in [-0.25, -0.2) is 4.98 Å². The van der Waals surface area contributed by atoms with Crippen LogP contribution in [0.5, 0.6) is 0 Å². The number of benzene rings is 2. The van der Waals surface area contributed by atoms with Gasteiger partial charge in [-0.2, -0.15) is 18.2 Å². The van der Waals surface area contributed by atoms with Gasteiger partial charge in [0.2, 0.25) is 11.9 Å². The van der Waals surface area contributed by atoms with Crippen LogP contribution in [0.4, 0.5) is 24.9 Å². The van der Waals surface area contributed by atoms with E-state index in [0.29, 0.717) is 11.5 Å². The fourth-order valence-electron chi connectivity index (χ4n) is 4.35. The zero-order valence-corrected chi connectivity index (χ0v) is 20.4. The number of thioether (sulfide) groups is 1. The van der Waals surface area contributed by atoms with Gasteiger partial charge in [0.25, 0.3) is 0 Å². The summed E-state index contributed by atoms with van der Waals surface area (Å²) in [5, 5.41) is 7.48. The lowest BCUT2D eigenvalue weighted by atomic mass is 9.91. The second-order valence-electron chi connectivity index (χ2n) is 8.91. The summed E-state index contributed by atoms with van der Waals surface area (Å²) in [4.78, 5) is 23.9. The van der Waals surface area contributed by atoms with E-state index >= 15 is 0 Å². The minimum absolute atomic E-state index is 0.0446. The number of halogens is 3. The molecular formula is C25H28F3N5OS. The van der Waals surface area contributed by atoms with Gasteiger partial charge in [-0.05, 0) is 67.3 Å². The molecule has 1 aromatic heterocycles. The number of alkyl halides is 3. The lowest BCUT2D eigenvalue weighted by Crippen LogP contribution is -2.40. The Kier molecular flexibility index (Phi) is 7.69. The number of rotatable bonds is 7. The third-order valence-electron chi connectivity index (χ3n) is 5.93. The standard InChI is InChI=1S/C25H28F3N5OS/c1-33(2)23-20-8-3-4-9-21(20)31-24(32-23)30-18-12-10-17(11-13-18)29-22(34)15-16-6-5-7-19(14-16)35-25(26,27)28/h3-9,14,17-18H,10-13,15H2,1-2H3,(H,29,34)(H,30,31,32)/t17-,18+. The number of nitrogens with zero attached hydrogens (tertiary/aromatic N) is 3. The summed E-state index contributed by atoms with van der Waals surface area (Å²) in [6, 6.07) is 14.2. The highest BCUT2D eigenvalue weighted by Gasteiger charge is 2.29. The van der Waals surface area contributed by atoms with Gasteiger partial charge in [0.1, 0.15) is 5.82 Å². The van der Waals surface area contributed by atoms with E-state index in [1.54, 1.807) is 12.1 Å². The van der Waals surface area contributed by atoms with Crippen molar-refractivity contribution in [2.75, 3.05) is 24.3 Å². The maximum absolute atomic E-state index is 12.6. The Morgan fingerprint density at radius 3 is 2.46 bits per heavy atom. The van der Waals surface area contributed by atoms with E-state index in [4.69, 9.17) is 4.98 Å². The molecule has 1 aliphatic rings. The zero-order valence-electron chi connectivity index (χ0n) is 19.6. The molecule has 6 nitrogen and oxygen atoms in total. The van der Waals surface area contributed by atoms with Crippen molar-refractivity contribution >= 4 is 40.3 Å². The minimum Gasteiger partial charge on any atom is -0.362 e. The van der Waals surface area contributed by atoms with Gasteiger partial charge >= 0.3 is 5.51 Å². The summed E-state index contributed by atoms with van der Waals surface area (Å²) in [7, 11) is 3.91. The van der Waals surface area contributed by atoms with Crippen LogP contribution in [0, 0.1) is 0 Å². The molecule has 0 unspecified atom stereocenters. The average Bonchev–Trinajstić information content (AvgIpc) is 2.79. The third-order valence-corrected chi connectivity index (χ3v) is 6.65. The van der Waals surface area contributed by atoms with Crippen molar-refractivity contribution in [3.8, 4) is 0 Å². The van der Waals surface area contributed by atoms with Crippen molar-refractivity contribution in [1.29, 1.82) is 0 Å². The molecule has 0 atom stereocenters. The molecule has 0 aliphatic heterocycles. The molecule has 0 saturated heterocycles. The van der Waals surface area contributed by atoms with Crippen molar-refractivity contribution < 1.29 is 18.0 Å². The fraction of sp³-hybridized carbons (Fsp3) is 0.400. The summed E-state index contributed by atoms with van der Waals surface area (Å²) < 4.78 is 37.8. The van der Waals surface area contributed by atoms with Gasteiger partial charge < -0.3 is 15.5 Å². The molecule has 1 amide bonds. The van der Waals surface area contributed by atoms with E-state index in [-0.39, 0.29) is 41.1 Å². The number of carbonyl (C=O) groups excluding carboxylic acids is 1. The second kappa shape index (κ2) is 10.7. The topological polar surface area (TPSA) is 70.2 Å². The Morgan fingerprint density at radius 2 is 1.74 bits per heavy atom. The molecule has 10 heteroatoms. The Morgan fingerprint density at radius 1 is 1.03 bits per heavy atom. The van der Waals surface area contributed by atoms with Crippen LogP contribution in [0.1, 0.15) is 31.2 Å². The van der Waals surface area contributed by atoms with Gasteiger partial charge in [-0.15, -0.1) is 0 Å². The predicted octanol–water partition coefficient (Wildman–Crippen LogP) is 5.39. The number of amides is 1. The van der Waals surface area contributed by atoms with Crippen LogP contribution in [0.2, 0.25) is 0 Å². The minimum atomic E-state index is -4.35. The molecule has 2 aromatic carbocycles. The molecule has 0 bridgehead atoms. The molecule has 1 aliphatic carbocycles. The second-order valence-corrected chi connectivity index (χ2v) is 10.1. The SMILES string of the molecule is CN(C)c1nc(N[C@H]2CC[C@@H](NC(=O)Cc3cccc(SC(F)(F)F)c3)CC2)nc2ccccc12. The number of fused-ring (bicyclic) bond motifs is 1. The lowest BCUT2D eigenvalue weighted by Gasteiger charge is -2.30. The lowest BCUT2D eigenvalue weighted by molar-refractivity contribution is -0.121. The molecular weight excluding hydrogens is 475 g/mol. The van der Waals surface area contributed by atoms with Gasteiger partial charge in [0, 0.05) is 36.5 Å². The van der Waals surface area contributed by atoms with Crippen LogP contribution in [0.3, 0.4) is 0 Å². The van der Waals surface area contributed by atoms with Crippen molar-refractivity contribution in [3.05, 3.63) is 54.1 Å². The van der Waals surface area contributed by atoms with Crippen molar-refractivity contribution in [2.24, 2.45) is 0 Å².